The van der Waals surface area contributed by atoms with E-state index in [1.165, 1.54) is 6.07 Å². The molecule has 2 N–H and O–H groups in total. The van der Waals surface area contributed by atoms with Crippen molar-refractivity contribution >= 4 is 41.0 Å². The van der Waals surface area contributed by atoms with E-state index in [2.05, 4.69) is 10.9 Å². The minimum absolute atomic E-state index is 0.0110. The number of carbonyl (C=O) groups is 4. The van der Waals surface area contributed by atoms with Gasteiger partial charge in [-0.25, -0.2) is 0 Å². The molecule has 0 aromatic heterocycles. The van der Waals surface area contributed by atoms with Gasteiger partial charge in [0.25, 0.3) is 11.8 Å². The van der Waals surface area contributed by atoms with E-state index in [9.17, 15) is 19.2 Å². The summed E-state index contributed by atoms with van der Waals surface area (Å²) in [6.45, 7) is 3.43. The van der Waals surface area contributed by atoms with Gasteiger partial charge in [0.05, 0.1) is 16.5 Å². The standard InChI is InChI=1S/C22H22ClN3O5/c1-13-7-8-14(2)18(9-13)26-11-15(10-20(26)28)22(30)31-12-19(27)24-25-21(29)16-5-3-4-6-17(16)23/h3-9,15H,10-12H2,1-2H3,(H,24,27)(H,25,29)/t15-/m0/s1. The highest BCUT2D eigenvalue weighted by Crippen LogP contribution is 2.29. The van der Waals surface area contributed by atoms with Crippen LogP contribution in [0.15, 0.2) is 42.5 Å². The molecular formula is C22H22ClN3O5. The molecule has 1 heterocycles. The molecule has 1 saturated heterocycles. The van der Waals surface area contributed by atoms with E-state index in [4.69, 9.17) is 16.3 Å². The van der Waals surface area contributed by atoms with Gasteiger partial charge in [-0.1, -0.05) is 35.9 Å². The van der Waals surface area contributed by atoms with Crippen molar-refractivity contribution in [3.05, 3.63) is 64.2 Å². The maximum Gasteiger partial charge on any atom is 0.311 e. The summed E-state index contributed by atoms with van der Waals surface area (Å²) < 4.78 is 5.03. The van der Waals surface area contributed by atoms with Crippen LogP contribution < -0.4 is 15.8 Å². The third-order valence-corrected chi connectivity index (χ3v) is 5.22. The average Bonchev–Trinajstić information content (AvgIpc) is 3.13. The minimum Gasteiger partial charge on any atom is -0.455 e. The molecule has 1 fully saturated rings. The zero-order chi connectivity index (χ0) is 22.5. The van der Waals surface area contributed by atoms with E-state index in [1.807, 2.05) is 32.0 Å². The van der Waals surface area contributed by atoms with E-state index in [0.29, 0.717) is 0 Å². The number of rotatable bonds is 5. The lowest BCUT2D eigenvalue weighted by molar-refractivity contribution is -0.152. The fourth-order valence-corrected chi connectivity index (χ4v) is 3.46. The van der Waals surface area contributed by atoms with Crippen molar-refractivity contribution in [2.75, 3.05) is 18.1 Å². The van der Waals surface area contributed by atoms with Crippen molar-refractivity contribution in [1.82, 2.24) is 10.9 Å². The SMILES string of the molecule is Cc1ccc(C)c(N2C[C@@H](C(=O)OCC(=O)NNC(=O)c3ccccc3Cl)CC2=O)c1. The van der Waals surface area contributed by atoms with Gasteiger partial charge < -0.3 is 9.64 Å². The number of amides is 3. The van der Waals surface area contributed by atoms with Crippen LogP contribution in [0.1, 0.15) is 27.9 Å². The van der Waals surface area contributed by atoms with Gasteiger partial charge in [0, 0.05) is 18.7 Å². The summed E-state index contributed by atoms with van der Waals surface area (Å²) in [5.41, 5.74) is 7.26. The van der Waals surface area contributed by atoms with Crippen molar-refractivity contribution in [2.45, 2.75) is 20.3 Å². The summed E-state index contributed by atoms with van der Waals surface area (Å²) in [4.78, 5) is 50.2. The number of halogens is 1. The lowest BCUT2D eigenvalue weighted by Gasteiger charge is -2.19. The number of benzene rings is 2. The summed E-state index contributed by atoms with van der Waals surface area (Å²) in [5.74, 6) is -2.81. The Hall–Kier alpha value is -3.39. The van der Waals surface area contributed by atoms with Crippen LogP contribution in [0.2, 0.25) is 5.02 Å². The minimum atomic E-state index is -0.718. The number of esters is 1. The van der Waals surface area contributed by atoms with Crippen LogP contribution in [0.5, 0.6) is 0 Å². The second-order valence-corrected chi connectivity index (χ2v) is 7.69. The average molecular weight is 444 g/mol. The van der Waals surface area contributed by atoms with E-state index in [0.717, 1.165) is 16.8 Å². The highest BCUT2D eigenvalue weighted by molar-refractivity contribution is 6.33. The van der Waals surface area contributed by atoms with Crippen molar-refractivity contribution in [1.29, 1.82) is 0 Å². The van der Waals surface area contributed by atoms with Gasteiger partial charge >= 0.3 is 5.97 Å². The molecule has 0 radical (unpaired) electrons. The first-order chi connectivity index (χ1) is 14.8. The van der Waals surface area contributed by atoms with Crippen molar-refractivity contribution in [3.8, 4) is 0 Å². The smallest absolute Gasteiger partial charge is 0.311 e. The molecule has 1 aliphatic heterocycles. The van der Waals surface area contributed by atoms with E-state index < -0.39 is 30.3 Å². The molecule has 2 aromatic carbocycles. The van der Waals surface area contributed by atoms with Gasteiger partial charge in [0.1, 0.15) is 0 Å². The van der Waals surface area contributed by atoms with Gasteiger partial charge in [0.2, 0.25) is 5.91 Å². The summed E-state index contributed by atoms with van der Waals surface area (Å²) in [7, 11) is 0. The molecule has 0 bridgehead atoms. The molecule has 1 atom stereocenters. The number of aryl methyl sites for hydroxylation is 2. The van der Waals surface area contributed by atoms with E-state index in [1.54, 1.807) is 23.1 Å². The lowest BCUT2D eigenvalue weighted by atomic mass is 10.1. The van der Waals surface area contributed by atoms with Crippen LogP contribution in [-0.2, 0) is 19.1 Å². The Kier molecular flexibility index (Phi) is 6.91. The zero-order valence-corrected chi connectivity index (χ0v) is 17.9. The Bertz CT molecular complexity index is 1040. The molecular weight excluding hydrogens is 422 g/mol. The molecule has 0 saturated carbocycles. The Morgan fingerprint density at radius 1 is 1.13 bits per heavy atom. The molecule has 31 heavy (non-hydrogen) atoms. The van der Waals surface area contributed by atoms with Crippen molar-refractivity contribution < 1.29 is 23.9 Å². The van der Waals surface area contributed by atoms with Crippen LogP contribution in [0.3, 0.4) is 0 Å². The monoisotopic (exact) mass is 443 g/mol. The first-order valence-corrected chi connectivity index (χ1v) is 10.0. The first-order valence-electron chi connectivity index (χ1n) is 9.64. The second kappa shape index (κ2) is 9.61. The molecule has 0 unspecified atom stereocenters. The maximum absolute atomic E-state index is 12.4. The quantitative estimate of drug-likeness (QED) is 0.545. The van der Waals surface area contributed by atoms with Gasteiger partial charge in [-0.15, -0.1) is 0 Å². The van der Waals surface area contributed by atoms with Gasteiger partial charge in [-0.05, 0) is 43.2 Å². The topological polar surface area (TPSA) is 105 Å². The number of hydrogen-bond donors (Lipinski definition) is 2. The fourth-order valence-electron chi connectivity index (χ4n) is 3.24. The highest BCUT2D eigenvalue weighted by Gasteiger charge is 2.37. The highest BCUT2D eigenvalue weighted by atomic mass is 35.5. The number of hydrogen-bond acceptors (Lipinski definition) is 5. The Morgan fingerprint density at radius 3 is 2.61 bits per heavy atom. The summed E-state index contributed by atoms with van der Waals surface area (Å²) in [6, 6.07) is 12.1. The molecule has 9 heteroatoms. The maximum atomic E-state index is 12.4. The number of anilines is 1. The van der Waals surface area contributed by atoms with Crippen LogP contribution in [0.4, 0.5) is 5.69 Å². The number of ether oxygens (including phenoxy) is 1. The summed E-state index contributed by atoms with van der Waals surface area (Å²) >= 11 is 5.92. The van der Waals surface area contributed by atoms with Crippen LogP contribution in [0.25, 0.3) is 0 Å². The summed E-state index contributed by atoms with van der Waals surface area (Å²) in [5, 5.41) is 0.236. The molecule has 0 spiro atoms. The molecule has 8 nitrogen and oxygen atoms in total. The number of hydrazine groups is 1. The third-order valence-electron chi connectivity index (χ3n) is 4.89. The van der Waals surface area contributed by atoms with Crippen LogP contribution in [-0.4, -0.2) is 36.8 Å². The number of nitrogens with one attached hydrogen (secondary N) is 2. The molecule has 0 aliphatic carbocycles. The number of carbonyl (C=O) groups excluding carboxylic acids is 4. The van der Waals surface area contributed by atoms with E-state index >= 15 is 0 Å². The predicted molar refractivity (Wildman–Crippen MR) is 114 cm³/mol. The normalized spacial score (nSPS) is 15.5. The first kappa shape index (κ1) is 22.3. The molecule has 1 aliphatic rings. The Morgan fingerprint density at radius 2 is 1.87 bits per heavy atom. The lowest BCUT2D eigenvalue weighted by Crippen LogP contribution is -2.44. The molecule has 162 valence electrons. The number of nitrogens with zero attached hydrogens (tertiary/aromatic N) is 1. The van der Waals surface area contributed by atoms with Crippen LogP contribution in [0, 0.1) is 19.8 Å². The Balaban J connectivity index is 1.49. The van der Waals surface area contributed by atoms with Crippen molar-refractivity contribution in [3.63, 3.8) is 0 Å². The largest absolute Gasteiger partial charge is 0.455 e. The third kappa shape index (κ3) is 5.40. The van der Waals surface area contributed by atoms with Crippen molar-refractivity contribution in [2.24, 2.45) is 5.92 Å². The van der Waals surface area contributed by atoms with E-state index in [-0.39, 0.29) is 29.5 Å². The van der Waals surface area contributed by atoms with Gasteiger partial charge in [-0.3, -0.25) is 30.0 Å². The predicted octanol–water partition coefficient (Wildman–Crippen LogP) is 2.31. The fraction of sp³-hybridized carbons (Fsp3) is 0.273. The zero-order valence-electron chi connectivity index (χ0n) is 17.1. The van der Waals surface area contributed by atoms with Gasteiger partial charge in [0.15, 0.2) is 6.61 Å². The van der Waals surface area contributed by atoms with Crippen LogP contribution >= 0.6 is 11.6 Å². The second-order valence-electron chi connectivity index (χ2n) is 7.29. The molecule has 3 rings (SSSR count). The molecule has 3 amide bonds. The summed E-state index contributed by atoms with van der Waals surface area (Å²) in [6.07, 6.45) is 0.0110. The molecule has 2 aromatic rings. The van der Waals surface area contributed by atoms with Gasteiger partial charge in [-0.2, -0.15) is 0 Å². The Labute approximate surface area is 184 Å².